The van der Waals surface area contributed by atoms with Crippen LogP contribution in [0.5, 0.6) is 5.75 Å². The number of rotatable bonds is 7. The Morgan fingerprint density at radius 1 is 1.17 bits per heavy atom. The van der Waals surface area contributed by atoms with E-state index in [1.807, 2.05) is 38.1 Å². The van der Waals surface area contributed by atoms with Crippen LogP contribution in [0.25, 0.3) is 5.52 Å². The molecule has 8 nitrogen and oxygen atoms in total. The molecule has 1 aromatic carbocycles. The van der Waals surface area contributed by atoms with Crippen LogP contribution in [-0.4, -0.2) is 60.4 Å². The molecule has 3 aromatic rings. The Balaban J connectivity index is 1.91. The maximum absolute atomic E-state index is 13.0. The molecule has 0 saturated heterocycles. The largest absolute Gasteiger partial charge is 0.495 e. The van der Waals surface area contributed by atoms with Crippen LogP contribution in [0, 0.1) is 6.92 Å². The van der Waals surface area contributed by atoms with Gasteiger partial charge in [0.25, 0.3) is 11.8 Å². The number of hydrogen-bond acceptors (Lipinski definition) is 5. The van der Waals surface area contributed by atoms with Crippen molar-refractivity contribution in [2.45, 2.75) is 6.92 Å². The van der Waals surface area contributed by atoms with E-state index in [9.17, 15) is 9.59 Å². The Morgan fingerprint density at radius 3 is 2.69 bits per heavy atom. The maximum Gasteiger partial charge on any atom is 0.292 e. The fraction of sp³-hybridized carbons (Fsp3) is 0.286. The highest BCUT2D eigenvalue weighted by molar-refractivity contribution is 6.06. The lowest BCUT2D eigenvalue weighted by atomic mass is 10.2. The molecule has 2 heterocycles. The van der Waals surface area contributed by atoms with Gasteiger partial charge in [-0.1, -0.05) is 12.1 Å². The van der Waals surface area contributed by atoms with Gasteiger partial charge in [0.05, 0.1) is 18.3 Å². The molecule has 0 bridgehead atoms. The van der Waals surface area contributed by atoms with E-state index < -0.39 is 5.91 Å². The number of aromatic nitrogens is 2. The van der Waals surface area contributed by atoms with Crippen molar-refractivity contribution in [2.75, 3.05) is 39.6 Å². The fourth-order valence-electron chi connectivity index (χ4n) is 2.94. The van der Waals surface area contributed by atoms with Crippen LogP contribution in [0.15, 0.2) is 42.6 Å². The normalized spacial score (nSPS) is 10.9. The zero-order valence-electron chi connectivity index (χ0n) is 17.0. The van der Waals surface area contributed by atoms with Gasteiger partial charge in [-0.05, 0) is 50.8 Å². The standard InChI is InChI=1S/C21H25N5O3/c1-14-8-9-17(29-4)15(13-14)23-21(28)19-24-18(16-7-5-6-11-26(16)19)20(27)22-10-12-25(2)3/h5-9,11,13H,10,12H2,1-4H3,(H,22,27)(H,23,28). The lowest BCUT2D eigenvalue weighted by Gasteiger charge is -2.10. The lowest BCUT2D eigenvalue weighted by Crippen LogP contribution is -2.31. The minimum atomic E-state index is -0.428. The van der Waals surface area contributed by atoms with E-state index >= 15 is 0 Å². The van der Waals surface area contributed by atoms with E-state index in [1.165, 1.54) is 0 Å². The van der Waals surface area contributed by atoms with Crippen LogP contribution in [0.3, 0.4) is 0 Å². The molecule has 3 rings (SSSR count). The number of ether oxygens (including phenoxy) is 1. The zero-order chi connectivity index (χ0) is 21.0. The topological polar surface area (TPSA) is 88.0 Å². The van der Waals surface area contributed by atoms with Gasteiger partial charge >= 0.3 is 0 Å². The highest BCUT2D eigenvalue weighted by Gasteiger charge is 2.22. The summed E-state index contributed by atoms with van der Waals surface area (Å²) in [6.45, 7) is 3.12. The number of benzene rings is 1. The maximum atomic E-state index is 13.0. The van der Waals surface area contributed by atoms with Gasteiger partial charge in [0.1, 0.15) is 5.75 Å². The van der Waals surface area contributed by atoms with Gasteiger partial charge in [0.2, 0.25) is 5.82 Å². The van der Waals surface area contributed by atoms with Crippen molar-refractivity contribution in [1.29, 1.82) is 0 Å². The molecule has 0 spiro atoms. The first kappa shape index (κ1) is 20.3. The number of amides is 2. The molecule has 2 aromatic heterocycles. The van der Waals surface area contributed by atoms with Gasteiger partial charge in [-0.3, -0.25) is 14.0 Å². The quantitative estimate of drug-likeness (QED) is 0.640. The Kier molecular flexibility index (Phi) is 6.13. The first-order valence-corrected chi connectivity index (χ1v) is 9.26. The number of likely N-dealkylation sites (N-methyl/N-ethyl adjacent to an activating group) is 1. The van der Waals surface area contributed by atoms with Crippen LogP contribution in [0.1, 0.15) is 26.7 Å². The van der Waals surface area contributed by atoms with Crippen molar-refractivity contribution in [3.8, 4) is 5.75 Å². The summed E-state index contributed by atoms with van der Waals surface area (Å²) < 4.78 is 6.93. The number of carbonyl (C=O) groups excluding carboxylic acids is 2. The monoisotopic (exact) mass is 395 g/mol. The minimum Gasteiger partial charge on any atom is -0.495 e. The van der Waals surface area contributed by atoms with E-state index in [4.69, 9.17) is 4.74 Å². The Labute approximate surface area is 169 Å². The summed E-state index contributed by atoms with van der Waals surface area (Å²) in [6.07, 6.45) is 1.71. The number of aryl methyl sites for hydroxylation is 1. The van der Waals surface area contributed by atoms with Gasteiger partial charge < -0.3 is 20.3 Å². The summed E-state index contributed by atoms with van der Waals surface area (Å²) in [7, 11) is 5.40. The minimum absolute atomic E-state index is 0.127. The van der Waals surface area contributed by atoms with E-state index in [1.54, 1.807) is 42.0 Å². The number of pyridine rings is 1. The van der Waals surface area contributed by atoms with E-state index in [2.05, 4.69) is 15.6 Å². The average molecular weight is 395 g/mol. The Bertz CT molecular complexity index is 1040. The lowest BCUT2D eigenvalue weighted by molar-refractivity contribution is 0.0948. The van der Waals surface area contributed by atoms with Crippen LogP contribution in [0.4, 0.5) is 5.69 Å². The molecule has 0 radical (unpaired) electrons. The van der Waals surface area contributed by atoms with Gasteiger partial charge in [-0.25, -0.2) is 4.98 Å². The summed E-state index contributed by atoms with van der Waals surface area (Å²) in [4.78, 5) is 31.9. The van der Waals surface area contributed by atoms with E-state index in [-0.39, 0.29) is 17.4 Å². The number of imidazole rings is 1. The van der Waals surface area contributed by atoms with E-state index in [0.717, 1.165) is 5.56 Å². The van der Waals surface area contributed by atoms with Gasteiger partial charge in [-0.15, -0.1) is 0 Å². The summed E-state index contributed by atoms with van der Waals surface area (Å²) in [5, 5.41) is 5.68. The van der Waals surface area contributed by atoms with Gasteiger partial charge in [-0.2, -0.15) is 0 Å². The molecule has 0 aliphatic heterocycles. The Hall–Kier alpha value is -3.39. The smallest absolute Gasteiger partial charge is 0.292 e. The predicted octanol–water partition coefficient (Wildman–Crippen LogP) is 2.20. The van der Waals surface area contributed by atoms with Crippen LogP contribution < -0.4 is 15.4 Å². The molecule has 0 aliphatic carbocycles. The number of anilines is 1. The molecule has 2 N–H and O–H groups in total. The molecule has 152 valence electrons. The molecule has 0 atom stereocenters. The molecule has 0 fully saturated rings. The molecule has 0 saturated carbocycles. The summed E-state index contributed by atoms with van der Waals surface area (Å²) >= 11 is 0. The van der Waals surface area contributed by atoms with Crippen molar-refractivity contribution < 1.29 is 14.3 Å². The number of hydrogen-bond donors (Lipinski definition) is 2. The number of fused-ring (bicyclic) bond motifs is 1. The number of nitrogens with one attached hydrogen (secondary N) is 2. The highest BCUT2D eigenvalue weighted by Crippen LogP contribution is 2.26. The SMILES string of the molecule is COc1ccc(C)cc1NC(=O)c1nc(C(=O)NCCN(C)C)c2ccccn12. The number of nitrogens with zero attached hydrogens (tertiary/aromatic N) is 3. The molecule has 2 amide bonds. The summed E-state index contributed by atoms with van der Waals surface area (Å²) in [5.74, 6) is -0.0708. The van der Waals surface area contributed by atoms with Gasteiger partial charge in [0.15, 0.2) is 5.69 Å². The fourth-order valence-corrected chi connectivity index (χ4v) is 2.94. The number of carbonyl (C=O) groups is 2. The van der Waals surface area contributed by atoms with Crippen molar-refractivity contribution >= 4 is 23.0 Å². The van der Waals surface area contributed by atoms with Crippen LogP contribution in [-0.2, 0) is 0 Å². The molecule has 8 heteroatoms. The third-order valence-electron chi connectivity index (χ3n) is 4.41. The molecule has 0 aliphatic rings. The van der Waals surface area contributed by atoms with Crippen molar-refractivity contribution in [2.24, 2.45) is 0 Å². The first-order chi connectivity index (χ1) is 13.9. The van der Waals surface area contributed by atoms with Gasteiger partial charge in [0, 0.05) is 19.3 Å². The second-order valence-electron chi connectivity index (χ2n) is 6.96. The number of methoxy groups -OCH3 is 1. The van der Waals surface area contributed by atoms with Crippen molar-refractivity contribution in [3.05, 3.63) is 59.7 Å². The Morgan fingerprint density at radius 2 is 1.97 bits per heavy atom. The van der Waals surface area contributed by atoms with Crippen LogP contribution in [0.2, 0.25) is 0 Å². The van der Waals surface area contributed by atoms with E-state index in [0.29, 0.717) is 30.0 Å². The third kappa shape index (κ3) is 4.55. The first-order valence-electron chi connectivity index (χ1n) is 9.26. The summed E-state index contributed by atoms with van der Waals surface area (Å²) in [6, 6.07) is 10.9. The average Bonchev–Trinajstić information content (AvgIpc) is 3.08. The highest BCUT2D eigenvalue weighted by atomic mass is 16.5. The molecule has 29 heavy (non-hydrogen) atoms. The predicted molar refractivity (Wildman–Crippen MR) is 112 cm³/mol. The van der Waals surface area contributed by atoms with Crippen LogP contribution >= 0.6 is 0 Å². The van der Waals surface area contributed by atoms with Crippen molar-refractivity contribution in [1.82, 2.24) is 19.6 Å². The second kappa shape index (κ2) is 8.74. The molecule has 0 unspecified atom stereocenters. The molecular formula is C21H25N5O3. The molecular weight excluding hydrogens is 370 g/mol. The van der Waals surface area contributed by atoms with Crippen molar-refractivity contribution in [3.63, 3.8) is 0 Å². The third-order valence-corrected chi connectivity index (χ3v) is 4.41. The zero-order valence-corrected chi connectivity index (χ0v) is 17.0. The summed E-state index contributed by atoms with van der Waals surface area (Å²) in [5.41, 5.74) is 2.30. The second-order valence-corrected chi connectivity index (χ2v) is 6.96.